The highest BCUT2D eigenvalue weighted by atomic mass is 32.2. The zero-order valence-corrected chi connectivity index (χ0v) is 31.6. The predicted octanol–water partition coefficient (Wildman–Crippen LogP) is 15.1. The van der Waals surface area contributed by atoms with Crippen LogP contribution in [0.3, 0.4) is 0 Å². The number of thiophene rings is 4. The second kappa shape index (κ2) is 15.8. The summed E-state index contributed by atoms with van der Waals surface area (Å²) in [5.74, 6) is 2.99. The van der Waals surface area contributed by atoms with Gasteiger partial charge in [-0.3, -0.25) is 0 Å². The third-order valence-corrected chi connectivity index (χ3v) is 15.9. The van der Waals surface area contributed by atoms with Crippen LogP contribution in [-0.2, 0) is 0 Å². The number of benzene rings is 1. The Morgan fingerprint density at radius 1 is 0.614 bits per heavy atom. The lowest BCUT2D eigenvalue weighted by atomic mass is 10.00. The molecule has 8 heteroatoms. The van der Waals surface area contributed by atoms with E-state index in [4.69, 9.17) is 0 Å². The van der Waals surface area contributed by atoms with E-state index in [0.717, 1.165) is 64.4 Å². The molecule has 0 N–H and O–H groups in total. The summed E-state index contributed by atoms with van der Waals surface area (Å²) in [6.07, 6.45) is 9.59. The first-order valence-corrected chi connectivity index (χ1v) is 21.3. The van der Waals surface area contributed by atoms with Crippen molar-refractivity contribution in [2.75, 3.05) is 11.5 Å². The number of unbranched alkanes of at least 4 members (excludes halogenated alkanes) is 2. The standard InChI is InChI=1S/C36H44F2S6/c1-7-11-13-23(9-3)19-39-35-27(37)17-29(43-35)31-25-15-21(5)42-34(25)32(26-16-22(6)41-33(26)31)30-18-28(38)36(44-30)40-20-24(10-4)14-12-8-2/h15-18,23-24H,7-14,19-20H2,1-6H3. The second-order valence-corrected chi connectivity index (χ2v) is 19.1. The van der Waals surface area contributed by atoms with Crippen molar-refractivity contribution < 1.29 is 8.78 Å². The van der Waals surface area contributed by atoms with Gasteiger partial charge in [-0.25, -0.2) is 8.78 Å². The van der Waals surface area contributed by atoms with Crippen LogP contribution in [0.1, 0.15) is 88.8 Å². The molecule has 0 fully saturated rings. The van der Waals surface area contributed by atoms with E-state index in [-0.39, 0.29) is 11.6 Å². The minimum Gasteiger partial charge on any atom is -0.205 e. The molecule has 2 unspecified atom stereocenters. The summed E-state index contributed by atoms with van der Waals surface area (Å²) in [6.45, 7) is 13.3. The average Bonchev–Trinajstić information content (AvgIpc) is 3.77. The Balaban J connectivity index is 1.54. The molecule has 0 spiro atoms. The molecule has 2 atom stereocenters. The van der Waals surface area contributed by atoms with Crippen LogP contribution in [0.25, 0.3) is 41.1 Å². The van der Waals surface area contributed by atoms with Gasteiger partial charge in [0.15, 0.2) is 0 Å². The maximum absolute atomic E-state index is 15.5. The fourth-order valence-electron chi connectivity index (χ4n) is 5.84. The summed E-state index contributed by atoms with van der Waals surface area (Å²) < 4.78 is 34.9. The minimum atomic E-state index is -0.0998. The SMILES string of the molecule is CCCCC(CC)CSc1sc(-c2c3cc(C)sc3c(-c3cc(F)c(SCC(CC)CCCC)s3)c3cc(C)sc23)cc1F. The Kier molecular flexibility index (Phi) is 12.4. The van der Waals surface area contributed by atoms with Crippen molar-refractivity contribution in [3.8, 4) is 20.9 Å². The van der Waals surface area contributed by atoms with Crippen LogP contribution < -0.4 is 0 Å². The minimum absolute atomic E-state index is 0.0998. The average molecular weight is 707 g/mol. The van der Waals surface area contributed by atoms with Crippen molar-refractivity contribution in [2.24, 2.45) is 11.8 Å². The van der Waals surface area contributed by atoms with Gasteiger partial charge in [0.25, 0.3) is 0 Å². The molecule has 0 saturated carbocycles. The summed E-state index contributed by atoms with van der Waals surface area (Å²) in [5.41, 5.74) is 2.28. The van der Waals surface area contributed by atoms with Gasteiger partial charge in [-0.1, -0.05) is 66.2 Å². The third kappa shape index (κ3) is 7.62. The van der Waals surface area contributed by atoms with Crippen molar-refractivity contribution >= 4 is 89.0 Å². The van der Waals surface area contributed by atoms with Crippen LogP contribution in [0.15, 0.2) is 32.7 Å². The van der Waals surface area contributed by atoms with E-state index >= 15 is 8.78 Å². The maximum Gasteiger partial charge on any atom is 0.148 e. The molecule has 1 aromatic carbocycles. The second-order valence-electron chi connectivity index (χ2n) is 11.9. The lowest BCUT2D eigenvalue weighted by molar-refractivity contribution is 0.499. The van der Waals surface area contributed by atoms with Gasteiger partial charge < -0.3 is 0 Å². The van der Waals surface area contributed by atoms with Gasteiger partial charge in [0, 0.05) is 62.3 Å². The van der Waals surface area contributed by atoms with E-state index in [2.05, 4.69) is 53.7 Å². The van der Waals surface area contributed by atoms with Crippen molar-refractivity contribution in [1.29, 1.82) is 0 Å². The van der Waals surface area contributed by atoms with Crippen LogP contribution in [0.4, 0.5) is 8.78 Å². The Bertz CT molecular complexity index is 1510. The highest BCUT2D eigenvalue weighted by Crippen LogP contribution is 2.53. The van der Waals surface area contributed by atoms with Crippen LogP contribution in [-0.4, -0.2) is 11.5 Å². The first-order chi connectivity index (χ1) is 21.3. The monoisotopic (exact) mass is 706 g/mol. The summed E-state index contributed by atoms with van der Waals surface area (Å²) >= 11 is 10.1. The first-order valence-electron chi connectivity index (χ1n) is 16.1. The highest BCUT2D eigenvalue weighted by Gasteiger charge is 2.25. The lowest BCUT2D eigenvalue weighted by Crippen LogP contribution is -2.01. The Morgan fingerprint density at radius 3 is 1.39 bits per heavy atom. The Hall–Kier alpha value is -0.900. The van der Waals surface area contributed by atoms with Crippen molar-refractivity contribution in [3.63, 3.8) is 0 Å². The summed E-state index contributed by atoms with van der Waals surface area (Å²) in [6, 6.07) is 8.04. The molecule has 238 valence electrons. The van der Waals surface area contributed by atoms with Crippen LogP contribution in [0.5, 0.6) is 0 Å². The molecule has 5 aromatic rings. The van der Waals surface area contributed by atoms with Gasteiger partial charge in [-0.15, -0.1) is 68.9 Å². The molecule has 0 bridgehead atoms. The van der Waals surface area contributed by atoms with E-state index in [1.165, 1.54) is 57.7 Å². The van der Waals surface area contributed by atoms with E-state index in [0.29, 0.717) is 11.8 Å². The van der Waals surface area contributed by atoms with Gasteiger partial charge in [-0.05, 0) is 62.8 Å². The largest absolute Gasteiger partial charge is 0.205 e. The van der Waals surface area contributed by atoms with Crippen molar-refractivity contribution in [3.05, 3.63) is 45.7 Å². The van der Waals surface area contributed by atoms with Gasteiger partial charge in [0.1, 0.15) is 11.6 Å². The molecule has 44 heavy (non-hydrogen) atoms. The smallest absolute Gasteiger partial charge is 0.148 e. The fourth-order valence-corrected chi connectivity index (χ4v) is 13.2. The quantitative estimate of drug-likeness (QED) is 0.0937. The molecule has 0 nitrogen and oxygen atoms in total. The molecule has 0 aliphatic carbocycles. The van der Waals surface area contributed by atoms with Crippen LogP contribution >= 0.6 is 68.9 Å². The van der Waals surface area contributed by atoms with Crippen LogP contribution in [0.2, 0.25) is 0 Å². The number of fused-ring (bicyclic) bond motifs is 2. The van der Waals surface area contributed by atoms with Gasteiger partial charge in [0.2, 0.25) is 0 Å². The Morgan fingerprint density at radius 2 is 1.02 bits per heavy atom. The molecule has 4 heterocycles. The molecule has 0 radical (unpaired) electrons. The van der Waals surface area contributed by atoms with Crippen molar-refractivity contribution in [2.45, 2.75) is 101 Å². The highest BCUT2D eigenvalue weighted by molar-refractivity contribution is 8.01. The Labute approximate surface area is 287 Å². The summed E-state index contributed by atoms with van der Waals surface area (Å²) in [4.78, 5) is 4.44. The van der Waals surface area contributed by atoms with E-state index in [1.54, 1.807) is 81.0 Å². The van der Waals surface area contributed by atoms with Gasteiger partial charge in [0.05, 0.1) is 8.42 Å². The maximum atomic E-state index is 15.5. The van der Waals surface area contributed by atoms with E-state index in [9.17, 15) is 0 Å². The fraction of sp³-hybridized carbons (Fsp3) is 0.500. The van der Waals surface area contributed by atoms with Gasteiger partial charge in [-0.2, -0.15) is 0 Å². The molecule has 0 aliphatic heterocycles. The molecule has 0 saturated heterocycles. The number of halogens is 2. The molecular formula is C36H44F2S6. The zero-order chi connectivity index (χ0) is 31.4. The summed E-state index contributed by atoms with van der Waals surface area (Å²) in [5, 5.41) is 2.33. The summed E-state index contributed by atoms with van der Waals surface area (Å²) in [7, 11) is 0. The number of hydrogen-bond acceptors (Lipinski definition) is 6. The van der Waals surface area contributed by atoms with E-state index < -0.39 is 0 Å². The number of rotatable bonds is 16. The number of thioether (sulfide) groups is 2. The molecule has 4 aromatic heterocycles. The first kappa shape index (κ1) is 34.4. The molecule has 0 amide bonds. The van der Waals surface area contributed by atoms with E-state index in [1.807, 2.05) is 0 Å². The normalized spacial score (nSPS) is 13.5. The molecule has 0 aliphatic rings. The zero-order valence-electron chi connectivity index (χ0n) is 26.7. The lowest BCUT2D eigenvalue weighted by Gasteiger charge is -2.13. The predicted molar refractivity (Wildman–Crippen MR) is 201 cm³/mol. The van der Waals surface area contributed by atoms with Crippen molar-refractivity contribution in [1.82, 2.24) is 0 Å². The third-order valence-electron chi connectivity index (χ3n) is 8.49. The van der Waals surface area contributed by atoms with Gasteiger partial charge >= 0.3 is 0 Å². The topological polar surface area (TPSA) is 0 Å². The molecular weight excluding hydrogens is 663 g/mol. The number of hydrogen-bond donors (Lipinski definition) is 0. The number of aryl methyl sites for hydroxylation is 2. The molecule has 5 rings (SSSR count). The van der Waals surface area contributed by atoms with Crippen LogP contribution in [0, 0.1) is 37.3 Å².